The first-order valence-electron chi connectivity index (χ1n) is 6.79. The Balaban J connectivity index is 2.21. The van der Waals surface area contributed by atoms with Crippen LogP contribution in [0.4, 0.5) is 5.69 Å². The lowest BCUT2D eigenvalue weighted by molar-refractivity contribution is 0.0743. The van der Waals surface area contributed by atoms with Gasteiger partial charge >= 0.3 is 0 Å². The van der Waals surface area contributed by atoms with Crippen LogP contribution in [0.15, 0.2) is 35.0 Å². The van der Waals surface area contributed by atoms with Crippen LogP contribution in [0.1, 0.15) is 34.8 Å². The number of nitrogens with zero attached hydrogens (tertiary/aromatic N) is 1. The smallest absolute Gasteiger partial charge is 0.255 e. The maximum absolute atomic E-state index is 12.6. The number of hydrogen-bond donors (Lipinski definition) is 1. The predicted molar refractivity (Wildman–Crippen MR) is 84.9 cm³/mol. The number of nitrogen functional groups attached to an aromatic ring is 1. The molecule has 20 heavy (non-hydrogen) atoms. The topological polar surface area (TPSA) is 46.3 Å². The van der Waals surface area contributed by atoms with E-state index in [9.17, 15) is 4.79 Å². The molecule has 0 aliphatic heterocycles. The summed E-state index contributed by atoms with van der Waals surface area (Å²) < 4.78 is 0. The molecule has 0 unspecified atom stereocenters. The van der Waals surface area contributed by atoms with Crippen LogP contribution in [0.5, 0.6) is 0 Å². The zero-order valence-corrected chi connectivity index (χ0v) is 12.7. The monoisotopic (exact) mass is 288 g/mol. The van der Waals surface area contributed by atoms with Crippen LogP contribution in [0.3, 0.4) is 0 Å². The number of para-hydroxylation sites is 1. The zero-order valence-electron chi connectivity index (χ0n) is 11.9. The van der Waals surface area contributed by atoms with Gasteiger partial charge in [-0.1, -0.05) is 25.1 Å². The van der Waals surface area contributed by atoms with Crippen LogP contribution >= 0.6 is 11.3 Å². The van der Waals surface area contributed by atoms with Crippen molar-refractivity contribution < 1.29 is 4.79 Å². The van der Waals surface area contributed by atoms with Gasteiger partial charge in [0.1, 0.15) is 0 Å². The number of aryl methyl sites for hydroxylation is 1. The van der Waals surface area contributed by atoms with Crippen molar-refractivity contribution in [3.05, 3.63) is 51.7 Å². The highest BCUT2D eigenvalue weighted by Crippen LogP contribution is 2.19. The van der Waals surface area contributed by atoms with Crippen molar-refractivity contribution in [3.8, 4) is 0 Å². The molecule has 0 saturated carbocycles. The Hall–Kier alpha value is -1.81. The van der Waals surface area contributed by atoms with E-state index in [1.54, 1.807) is 11.3 Å². The molecule has 0 aliphatic carbocycles. The number of anilines is 1. The first-order chi connectivity index (χ1) is 9.63. The molecule has 0 radical (unpaired) electrons. The fourth-order valence-electron chi connectivity index (χ4n) is 2.16. The van der Waals surface area contributed by atoms with Crippen LogP contribution in [0.2, 0.25) is 0 Å². The summed E-state index contributed by atoms with van der Waals surface area (Å²) in [6.07, 6.45) is 0.932. The normalized spacial score (nSPS) is 10.5. The van der Waals surface area contributed by atoms with Crippen molar-refractivity contribution in [3.63, 3.8) is 0 Å². The molecule has 1 aromatic carbocycles. The molecule has 0 spiro atoms. The van der Waals surface area contributed by atoms with Gasteiger partial charge in [-0.3, -0.25) is 4.79 Å². The Morgan fingerprint density at radius 3 is 2.65 bits per heavy atom. The van der Waals surface area contributed by atoms with Gasteiger partial charge in [0.25, 0.3) is 5.91 Å². The van der Waals surface area contributed by atoms with Crippen molar-refractivity contribution >= 4 is 22.9 Å². The summed E-state index contributed by atoms with van der Waals surface area (Å²) >= 11 is 1.57. The third-order valence-corrected chi connectivity index (χ3v) is 4.14. The van der Waals surface area contributed by atoms with Crippen molar-refractivity contribution in [2.75, 3.05) is 12.3 Å². The van der Waals surface area contributed by atoms with E-state index in [4.69, 9.17) is 5.73 Å². The largest absolute Gasteiger partial charge is 0.398 e. The van der Waals surface area contributed by atoms with Gasteiger partial charge in [0.05, 0.1) is 5.56 Å². The number of hydrogen-bond acceptors (Lipinski definition) is 3. The number of carbonyl (C=O) groups is 1. The molecular weight excluding hydrogens is 268 g/mol. The van der Waals surface area contributed by atoms with Gasteiger partial charge in [0, 0.05) is 24.2 Å². The number of thiophene rings is 1. The summed E-state index contributed by atoms with van der Waals surface area (Å²) in [4.78, 5) is 14.5. The molecule has 0 saturated heterocycles. The molecule has 0 fully saturated rings. The molecule has 2 rings (SSSR count). The highest BCUT2D eigenvalue weighted by molar-refractivity contribution is 7.08. The minimum atomic E-state index is 0.0915. The molecule has 0 atom stereocenters. The maximum atomic E-state index is 12.6. The molecule has 1 amide bonds. The van der Waals surface area contributed by atoms with E-state index in [0.29, 0.717) is 6.54 Å². The van der Waals surface area contributed by atoms with Crippen LogP contribution < -0.4 is 5.73 Å². The molecule has 2 N–H and O–H groups in total. The predicted octanol–water partition coefficient (Wildman–Crippen LogP) is 3.69. The van der Waals surface area contributed by atoms with Crippen LogP contribution in [-0.2, 0) is 6.54 Å². The van der Waals surface area contributed by atoms with Crippen molar-refractivity contribution in [2.24, 2.45) is 0 Å². The van der Waals surface area contributed by atoms with E-state index in [1.807, 2.05) is 46.8 Å². The average Bonchev–Trinajstić information content (AvgIpc) is 2.86. The van der Waals surface area contributed by atoms with Gasteiger partial charge in [0.15, 0.2) is 0 Å². The SMILES string of the molecule is CCCN(Cc1ccccc1N)C(=O)c1cscc1C. The van der Waals surface area contributed by atoms with Crippen LogP contribution in [-0.4, -0.2) is 17.4 Å². The molecule has 2 aromatic rings. The van der Waals surface area contributed by atoms with Gasteiger partial charge in [-0.2, -0.15) is 11.3 Å². The third kappa shape index (κ3) is 3.20. The first kappa shape index (κ1) is 14.6. The fourth-order valence-corrected chi connectivity index (χ4v) is 2.98. The number of nitrogens with two attached hydrogens (primary N) is 1. The lowest BCUT2D eigenvalue weighted by Crippen LogP contribution is -2.31. The third-order valence-electron chi connectivity index (χ3n) is 3.28. The summed E-state index contributed by atoms with van der Waals surface area (Å²) in [7, 11) is 0. The van der Waals surface area contributed by atoms with Gasteiger partial charge in [-0.05, 0) is 35.9 Å². The minimum absolute atomic E-state index is 0.0915. The van der Waals surface area contributed by atoms with Crippen molar-refractivity contribution in [2.45, 2.75) is 26.8 Å². The summed E-state index contributed by atoms with van der Waals surface area (Å²) in [6.45, 7) is 5.36. The summed E-state index contributed by atoms with van der Waals surface area (Å²) in [5.41, 5.74) is 9.57. The van der Waals surface area contributed by atoms with Gasteiger partial charge in [-0.15, -0.1) is 0 Å². The summed E-state index contributed by atoms with van der Waals surface area (Å²) in [5.74, 6) is 0.0915. The molecule has 1 aromatic heterocycles. The van der Waals surface area contributed by atoms with Gasteiger partial charge < -0.3 is 10.6 Å². The second-order valence-electron chi connectivity index (χ2n) is 4.89. The van der Waals surface area contributed by atoms with Crippen molar-refractivity contribution in [1.29, 1.82) is 0 Å². The van der Waals surface area contributed by atoms with Crippen molar-refractivity contribution in [1.82, 2.24) is 4.90 Å². The molecule has 1 heterocycles. The Kier molecular flexibility index (Phi) is 4.79. The highest BCUT2D eigenvalue weighted by atomic mass is 32.1. The van der Waals surface area contributed by atoms with Gasteiger partial charge in [-0.25, -0.2) is 0 Å². The lowest BCUT2D eigenvalue weighted by atomic mass is 10.1. The average molecular weight is 288 g/mol. The summed E-state index contributed by atoms with van der Waals surface area (Å²) in [6, 6.07) is 7.72. The number of rotatable bonds is 5. The van der Waals surface area contributed by atoms with Crippen LogP contribution in [0.25, 0.3) is 0 Å². The number of carbonyl (C=O) groups excluding carboxylic acids is 1. The Morgan fingerprint density at radius 1 is 1.30 bits per heavy atom. The molecule has 106 valence electrons. The second kappa shape index (κ2) is 6.57. The Labute approximate surface area is 124 Å². The second-order valence-corrected chi connectivity index (χ2v) is 5.64. The number of benzene rings is 1. The maximum Gasteiger partial charge on any atom is 0.255 e. The molecular formula is C16H20N2OS. The molecule has 4 heteroatoms. The highest BCUT2D eigenvalue weighted by Gasteiger charge is 2.18. The molecule has 3 nitrogen and oxygen atoms in total. The van der Waals surface area contributed by atoms with Gasteiger partial charge in [0.2, 0.25) is 0 Å². The standard InChI is InChI=1S/C16H20N2OS/c1-3-8-18(9-13-6-4-5-7-15(13)17)16(19)14-11-20-10-12(14)2/h4-7,10-11H,3,8-9,17H2,1-2H3. The van der Waals surface area contributed by atoms with E-state index >= 15 is 0 Å². The Bertz CT molecular complexity index is 592. The van der Waals surface area contributed by atoms with E-state index in [1.165, 1.54) is 0 Å². The first-order valence-corrected chi connectivity index (χ1v) is 7.73. The van der Waals surface area contributed by atoms with E-state index < -0.39 is 0 Å². The fraction of sp³-hybridized carbons (Fsp3) is 0.312. The summed E-state index contributed by atoms with van der Waals surface area (Å²) in [5, 5.41) is 3.93. The van der Waals surface area contributed by atoms with E-state index in [2.05, 4.69) is 6.92 Å². The quantitative estimate of drug-likeness (QED) is 0.853. The molecule has 0 bridgehead atoms. The van der Waals surface area contributed by atoms with Crippen LogP contribution in [0, 0.1) is 6.92 Å². The van der Waals surface area contributed by atoms with E-state index in [0.717, 1.165) is 35.3 Å². The minimum Gasteiger partial charge on any atom is -0.398 e. The lowest BCUT2D eigenvalue weighted by Gasteiger charge is -2.23. The number of amides is 1. The van der Waals surface area contributed by atoms with E-state index in [-0.39, 0.29) is 5.91 Å². The zero-order chi connectivity index (χ0) is 14.5. The Morgan fingerprint density at radius 2 is 2.05 bits per heavy atom. The molecule has 0 aliphatic rings.